The number of nitrogens with two attached hydrogens (primary N) is 1. The molecule has 0 bridgehead atoms. The van der Waals surface area contributed by atoms with Gasteiger partial charge in [-0.15, -0.1) is 17.2 Å². The second-order valence-corrected chi connectivity index (χ2v) is 6.68. The van der Waals surface area contributed by atoms with E-state index >= 15 is 0 Å². The number of amides is 1. The van der Waals surface area contributed by atoms with Crippen LogP contribution in [0.3, 0.4) is 0 Å². The van der Waals surface area contributed by atoms with Crippen molar-refractivity contribution in [2.24, 2.45) is 16.5 Å². The van der Waals surface area contributed by atoms with Gasteiger partial charge in [-0.1, -0.05) is 6.92 Å². The fourth-order valence-electron chi connectivity index (χ4n) is 2.39. The molecule has 0 fully saturated rings. The quantitative estimate of drug-likeness (QED) is 0.440. The third-order valence-corrected chi connectivity index (χ3v) is 4.92. The zero-order valence-electron chi connectivity index (χ0n) is 16.4. The molecule has 2 N–H and O–H groups in total. The van der Waals surface area contributed by atoms with Gasteiger partial charge in [-0.3, -0.25) is 14.6 Å². The van der Waals surface area contributed by atoms with E-state index in [0.29, 0.717) is 11.1 Å². The van der Waals surface area contributed by atoms with E-state index in [1.165, 1.54) is 12.1 Å². The number of nitrogens with zero attached hydrogens (tertiary/aromatic N) is 3. The van der Waals surface area contributed by atoms with Crippen LogP contribution >= 0.6 is 0 Å². The molecule has 9 heteroatoms. The van der Waals surface area contributed by atoms with Crippen LogP contribution in [-0.2, 0) is 29.1 Å². The molecule has 2 aromatic carbocycles. The van der Waals surface area contributed by atoms with Crippen molar-refractivity contribution >= 4 is 27.7 Å². The number of aromatic nitrogens is 2. The van der Waals surface area contributed by atoms with Crippen LogP contribution < -0.4 is 5.14 Å². The monoisotopic (exact) mass is 655 g/mol. The van der Waals surface area contributed by atoms with E-state index in [1.807, 2.05) is 25.2 Å². The summed E-state index contributed by atoms with van der Waals surface area (Å²) >= 11 is 0. The molecule has 1 amide bonds. The molecular formula is C19H22FN4OPr2S-3. The van der Waals surface area contributed by atoms with E-state index in [9.17, 15) is 9.18 Å². The normalized spacial score (nSPS) is 10.9. The largest absolute Gasteiger partial charge is 0.358 e. The molecule has 146 valence electrons. The molecule has 1 atom stereocenters. The van der Waals surface area contributed by atoms with Gasteiger partial charge in [-0.2, -0.15) is 21.6 Å². The summed E-state index contributed by atoms with van der Waals surface area (Å²) in [6.07, 6.45) is 1.72. The van der Waals surface area contributed by atoms with Crippen molar-refractivity contribution in [3.05, 3.63) is 74.4 Å². The van der Waals surface area contributed by atoms with Crippen molar-refractivity contribution in [3.63, 3.8) is 0 Å². The van der Waals surface area contributed by atoms with E-state index in [4.69, 9.17) is 5.14 Å². The van der Waals surface area contributed by atoms with Gasteiger partial charge in [0.05, 0.1) is 11.7 Å². The molecule has 0 aliphatic rings. The zero-order chi connectivity index (χ0) is 17.3. The van der Waals surface area contributed by atoms with Crippen LogP contribution in [0.4, 0.5) is 4.39 Å². The second-order valence-electron chi connectivity index (χ2n) is 5.39. The predicted octanol–water partition coefficient (Wildman–Crippen LogP) is 3.53. The Bertz CT molecular complexity index is 976. The maximum Gasteiger partial charge on any atom is 0.255 e. The van der Waals surface area contributed by atoms with E-state index in [1.54, 1.807) is 17.8 Å². The third kappa shape index (κ3) is 7.24. The van der Waals surface area contributed by atoms with Gasteiger partial charge in [-0.25, -0.2) is 4.39 Å². The summed E-state index contributed by atoms with van der Waals surface area (Å²) in [6.45, 7) is 1.62. The molecule has 0 aliphatic heterocycles. The summed E-state index contributed by atoms with van der Waals surface area (Å²) in [5, 5.41) is 11.2. The van der Waals surface area contributed by atoms with Gasteiger partial charge in [0, 0.05) is 123 Å². The summed E-state index contributed by atoms with van der Waals surface area (Å²) < 4.78 is 19.3. The first kappa shape index (κ1) is 30.5. The summed E-state index contributed by atoms with van der Waals surface area (Å²) in [7, 11) is 0.792. The van der Waals surface area contributed by atoms with Crippen LogP contribution in [0, 0.1) is 116 Å². The maximum atomic E-state index is 13.5. The van der Waals surface area contributed by atoms with E-state index < -0.39 is 16.8 Å². The molecule has 0 spiro atoms. The molecule has 1 unspecified atom stereocenters. The molecule has 0 saturated carbocycles. The molecule has 1 aromatic heterocycles. The number of halogens is 1. The Labute approximate surface area is 235 Å². The maximum absolute atomic E-state index is 13.5. The number of benzene rings is 2. The van der Waals surface area contributed by atoms with Crippen molar-refractivity contribution in [2.75, 3.05) is 0 Å². The minimum Gasteiger partial charge on any atom is -0.358 e. The summed E-state index contributed by atoms with van der Waals surface area (Å²) in [4.78, 5) is 12.9. The van der Waals surface area contributed by atoms with E-state index in [-0.39, 0.29) is 110 Å². The number of fused-ring (bicyclic) bond motifs is 1. The Morgan fingerprint density at radius 2 is 2.00 bits per heavy atom. The SMILES string of the molecule is Cc1c(CC(=O)N=S(N)c2ccc3c(cnn3C)c2)[c-]ccc1F.[CH3-].[CH3-].[Pr].[Pr]. The number of hydrogen-bond donors (Lipinski definition) is 1. The molecule has 28 heavy (non-hydrogen) atoms. The fraction of sp³-hybridized carbons (Fsp3) is 0.158. The standard InChI is InChI=1S/C17H16FN4OS.2CH3.2Pr/c1-11-12(4-3-5-15(11)18)9-17(23)21-24(19)14-6-7-16-13(8-14)10-20-22(16)2;;;;/h3,5-8,10H,9H2,1-2H3,(H2,19,21,23);2*1H3;;/q3*-1;;. The number of rotatable bonds is 3. The zero-order valence-corrected chi connectivity index (χ0v) is 24.7. The molecule has 0 saturated heterocycles. The number of carbonyl (C=O) groups is 1. The first-order valence-corrected chi connectivity index (χ1v) is 8.51. The van der Waals surface area contributed by atoms with Crippen LogP contribution in [0.15, 0.2) is 45.8 Å². The topological polar surface area (TPSA) is 73.3 Å². The van der Waals surface area contributed by atoms with Gasteiger partial charge in [0.25, 0.3) is 5.91 Å². The summed E-state index contributed by atoms with van der Waals surface area (Å²) in [6, 6.07) is 11.3. The van der Waals surface area contributed by atoms with Crippen molar-refractivity contribution in [3.8, 4) is 0 Å². The number of hydrogen-bond acceptors (Lipinski definition) is 2. The minimum absolute atomic E-state index is 0. The molecule has 3 rings (SSSR count). The molecule has 3 aromatic rings. The average molecular weight is 655 g/mol. The van der Waals surface area contributed by atoms with Crippen LogP contribution in [0.5, 0.6) is 0 Å². The second kappa shape index (κ2) is 13.6. The Morgan fingerprint density at radius 1 is 1.32 bits per heavy atom. The predicted molar refractivity (Wildman–Crippen MR) is 104 cm³/mol. The van der Waals surface area contributed by atoms with Gasteiger partial charge in [0.2, 0.25) is 0 Å². The first-order chi connectivity index (χ1) is 11.5. The Balaban J connectivity index is 0. The molecule has 5 nitrogen and oxygen atoms in total. The Hall–Kier alpha value is 0.347. The number of aryl methyl sites for hydroxylation is 1. The van der Waals surface area contributed by atoms with Crippen molar-refractivity contribution in [1.82, 2.24) is 9.78 Å². The first-order valence-electron chi connectivity index (χ1n) is 7.26. The third-order valence-electron chi connectivity index (χ3n) is 3.79. The summed E-state index contributed by atoms with van der Waals surface area (Å²) in [5.41, 5.74) is 1.89. The van der Waals surface area contributed by atoms with E-state index in [2.05, 4.69) is 15.5 Å². The Kier molecular flexibility index (Phi) is 14.8. The van der Waals surface area contributed by atoms with Crippen LogP contribution in [-0.4, -0.2) is 15.7 Å². The smallest absolute Gasteiger partial charge is 0.255 e. The molecule has 1 heterocycles. The molecule has 0 aliphatic carbocycles. The molecular weight excluding hydrogens is 633 g/mol. The van der Waals surface area contributed by atoms with Crippen molar-refractivity contribution in [2.45, 2.75) is 18.2 Å². The average Bonchev–Trinajstić information content (AvgIpc) is 2.92. The van der Waals surface area contributed by atoms with Crippen LogP contribution in [0.1, 0.15) is 11.1 Å². The van der Waals surface area contributed by atoms with Crippen molar-refractivity contribution < 1.29 is 91.8 Å². The van der Waals surface area contributed by atoms with E-state index in [0.717, 1.165) is 15.8 Å². The Morgan fingerprint density at radius 3 is 2.68 bits per heavy atom. The van der Waals surface area contributed by atoms with Gasteiger partial charge in [0.15, 0.2) is 0 Å². The van der Waals surface area contributed by atoms with Crippen LogP contribution in [0.25, 0.3) is 10.9 Å². The number of carbonyl (C=O) groups excluding carboxylic acids is 1. The fourth-order valence-corrected chi connectivity index (χ4v) is 3.24. The summed E-state index contributed by atoms with van der Waals surface area (Å²) in [5.74, 6) is -0.748. The van der Waals surface area contributed by atoms with Gasteiger partial charge < -0.3 is 14.9 Å². The van der Waals surface area contributed by atoms with Gasteiger partial charge >= 0.3 is 0 Å². The van der Waals surface area contributed by atoms with Crippen LogP contribution in [0.2, 0.25) is 0 Å². The van der Waals surface area contributed by atoms with Crippen molar-refractivity contribution in [1.29, 1.82) is 0 Å². The molecule has 2 radical (unpaired) electrons. The van der Waals surface area contributed by atoms with Gasteiger partial charge in [-0.05, 0) is 18.2 Å². The van der Waals surface area contributed by atoms with Gasteiger partial charge in [0.1, 0.15) is 0 Å². The minimum atomic E-state index is -1.07.